The Labute approximate surface area is 71.8 Å². The zero-order chi connectivity index (χ0) is 8.27. The van der Waals surface area contributed by atoms with Crippen LogP contribution in [0.4, 0.5) is 0 Å². The average molecular weight is 167 g/mol. The Hall–Kier alpha value is -0.630. The lowest BCUT2D eigenvalue weighted by atomic mass is 10.2. The molecule has 1 radical (unpaired) electrons. The molecule has 0 aliphatic heterocycles. The van der Waals surface area contributed by atoms with E-state index < -0.39 is 0 Å². The number of hydrogen-bond donors (Lipinski definition) is 0. The van der Waals surface area contributed by atoms with E-state index in [-0.39, 0.29) is 0 Å². The third-order valence-electron chi connectivity index (χ3n) is 1.41. The first-order valence-electron chi connectivity index (χ1n) is 3.31. The first-order chi connectivity index (χ1) is 5.26. The third-order valence-corrected chi connectivity index (χ3v) is 2.12. The van der Waals surface area contributed by atoms with Crippen molar-refractivity contribution in [1.29, 1.82) is 0 Å². The van der Waals surface area contributed by atoms with Gasteiger partial charge in [0.15, 0.2) is 0 Å². The van der Waals surface area contributed by atoms with Gasteiger partial charge in [-0.05, 0) is 36.9 Å². The fourth-order valence-electron chi connectivity index (χ4n) is 0.866. The van der Waals surface area contributed by atoms with Gasteiger partial charge in [0, 0.05) is 4.90 Å². The van der Waals surface area contributed by atoms with Crippen molar-refractivity contribution in [3.05, 3.63) is 30.7 Å². The van der Waals surface area contributed by atoms with E-state index in [0.717, 1.165) is 11.3 Å². The number of rotatable bonds is 2. The van der Waals surface area contributed by atoms with Gasteiger partial charge >= 0.3 is 0 Å². The molecule has 1 rings (SSSR count). The van der Waals surface area contributed by atoms with Crippen LogP contribution in [0.25, 0.3) is 0 Å². The summed E-state index contributed by atoms with van der Waals surface area (Å²) in [7, 11) is 1.67. The number of thioether (sulfide) groups is 1. The van der Waals surface area contributed by atoms with Gasteiger partial charge in [0.25, 0.3) is 0 Å². The normalized spacial score (nSPS) is 9.73. The first-order valence-corrected chi connectivity index (χ1v) is 4.54. The molecule has 0 aliphatic carbocycles. The standard InChI is InChI=1S/C9H11OS/c1-7-4-8(10-2)6-9(5-7)11-3/h4-6H,1H2,2-3H3. The summed E-state index contributed by atoms with van der Waals surface area (Å²) in [5.41, 5.74) is 0.994. The largest absolute Gasteiger partial charge is 0.497 e. The van der Waals surface area contributed by atoms with Crippen LogP contribution in [0.3, 0.4) is 0 Å². The van der Waals surface area contributed by atoms with E-state index in [9.17, 15) is 0 Å². The molecule has 1 aromatic carbocycles. The zero-order valence-electron chi connectivity index (χ0n) is 6.76. The molecule has 11 heavy (non-hydrogen) atoms. The van der Waals surface area contributed by atoms with Gasteiger partial charge < -0.3 is 4.74 Å². The molecule has 0 N–H and O–H groups in total. The quantitative estimate of drug-likeness (QED) is 0.626. The van der Waals surface area contributed by atoms with Crippen molar-refractivity contribution in [2.24, 2.45) is 0 Å². The second-order valence-electron chi connectivity index (χ2n) is 2.22. The van der Waals surface area contributed by atoms with Crippen LogP contribution < -0.4 is 4.74 Å². The summed E-state index contributed by atoms with van der Waals surface area (Å²) < 4.78 is 5.08. The molecular formula is C9H11OS. The summed E-state index contributed by atoms with van der Waals surface area (Å²) >= 11 is 1.69. The van der Waals surface area contributed by atoms with Crippen molar-refractivity contribution in [1.82, 2.24) is 0 Å². The smallest absolute Gasteiger partial charge is 0.120 e. The molecule has 0 spiro atoms. The third kappa shape index (κ3) is 2.15. The van der Waals surface area contributed by atoms with E-state index in [1.54, 1.807) is 18.9 Å². The minimum Gasteiger partial charge on any atom is -0.497 e. The molecule has 1 aromatic rings. The van der Waals surface area contributed by atoms with E-state index in [4.69, 9.17) is 4.74 Å². The Bertz CT molecular complexity index is 223. The number of ether oxygens (including phenoxy) is 1. The molecule has 0 bridgehead atoms. The second kappa shape index (κ2) is 3.67. The lowest BCUT2D eigenvalue weighted by molar-refractivity contribution is 0.413. The molecule has 2 heteroatoms. The molecule has 0 saturated carbocycles. The number of methoxy groups -OCH3 is 1. The van der Waals surface area contributed by atoms with Gasteiger partial charge in [-0.25, -0.2) is 0 Å². The molecule has 0 atom stereocenters. The maximum Gasteiger partial charge on any atom is 0.120 e. The fourth-order valence-corrected chi connectivity index (χ4v) is 1.37. The van der Waals surface area contributed by atoms with Crippen molar-refractivity contribution in [3.63, 3.8) is 0 Å². The lowest BCUT2D eigenvalue weighted by Gasteiger charge is -2.03. The van der Waals surface area contributed by atoms with E-state index in [1.807, 2.05) is 24.5 Å². The van der Waals surface area contributed by atoms with Gasteiger partial charge in [-0.3, -0.25) is 0 Å². The Morgan fingerprint density at radius 3 is 2.64 bits per heavy atom. The highest BCUT2D eigenvalue weighted by molar-refractivity contribution is 7.98. The molecule has 1 nitrogen and oxygen atoms in total. The molecule has 0 fully saturated rings. The number of hydrogen-bond acceptors (Lipinski definition) is 2. The SMILES string of the molecule is [CH2]c1cc(OC)cc(SC)c1. The maximum atomic E-state index is 5.08. The van der Waals surface area contributed by atoms with Gasteiger partial charge in [0.05, 0.1) is 7.11 Å². The van der Waals surface area contributed by atoms with E-state index in [2.05, 4.69) is 6.92 Å². The minimum absolute atomic E-state index is 0.877. The minimum atomic E-state index is 0.877. The van der Waals surface area contributed by atoms with E-state index in [1.165, 1.54) is 4.90 Å². The van der Waals surface area contributed by atoms with Gasteiger partial charge in [-0.15, -0.1) is 11.8 Å². The van der Waals surface area contributed by atoms with Crippen LogP contribution in [0.15, 0.2) is 23.1 Å². The summed E-state index contributed by atoms with van der Waals surface area (Å²) in [5.74, 6) is 0.877. The highest BCUT2D eigenvalue weighted by Gasteiger charge is 1.95. The van der Waals surface area contributed by atoms with Crippen LogP contribution in [-0.4, -0.2) is 13.4 Å². The molecular weight excluding hydrogens is 156 g/mol. The molecule has 0 unspecified atom stereocenters. The topological polar surface area (TPSA) is 9.23 Å². The maximum absolute atomic E-state index is 5.08. The number of benzene rings is 1. The molecule has 0 saturated heterocycles. The average Bonchev–Trinajstić information content (AvgIpc) is 2.03. The highest BCUT2D eigenvalue weighted by atomic mass is 32.2. The van der Waals surface area contributed by atoms with E-state index >= 15 is 0 Å². The van der Waals surface area contributed by atoms with Crippen LogP contribution in [-0.2, 0) is 0 Å². The summed E-state index contributed by atoms with van der Waals surface area (Å²) in [6, 6.07) is 5.95. The molecule has 0 aliphatic rings. The van der Waals surface area contributed by atoms with Crippen LogP contribution in [0.1, 0.15) is 5.56 Å². The Morgan fingerprint density at radius 1 is 1.36 bits per heavy atom. The van der Waals surface area contributed by atoms with Gasteiger partial charge in [0.2, 0.25) is 0 Å². The van der Waals surface area contributed by atoms with E-state index in [0.29, 0.717) is 0 Å². The van der Waals surface area contributed by atoms with Crippen molar-refractivity contribution in [2.75, 3.05) is 13.4 Å². The van der Waals surface area contributed by atoms with Crippen LogP contribution in [0.5, 0.6) is 5.75 Å². The molecule has 0 amide bonds. The summed E-state index contributed by atoms with van der Waals surface area (Å²) in [5, 5.41) is 0. The van der Waals surface area contributed by atoms with Crippen molar-refractivity contribution in [3.8, 4) is 5.75 Å². The molecule has 0 heterocycles. The van der Waals surface area contributed by atoms with Gasteiger partial charge in [-0.2, -0.15) is 0 Å². The zero-order valence-corrected chi connectivity index (χ0v) is 7.57. The van der Waals surface area contributed by atoms with Crippen molar-refractivity contribution < 1.29 is 4.74 Å². The first kappa shape index (κ1) is 8.47. The van der Waals surface area contributed by atoms with Crippen molar-refractivity contribution in [2.45, 2.75) is 4.90 Å². The lowest BCUT2D eigenvalue weighted by Crippen LogP contribution is -1.84. The van der Waals surface area contributed by atoms with Crippen LogP contribution in [0, 0.1) is 6.92 Å². The van der Waals surface area contributed by atoms with Gasteiger partial charge in [-0.1, -0.05) is 0 Å². The highest BCUT2D eigenvalue weighted by Crippen LogP contribution is 2.22. The van der Waals surface area contributed by atoms with Crippen LogP contribution >= 0.6 is 11.8 Å². The van der Waals surface area contributed by atoms with Crippen molar-refractivity contribution >= 4 is 11.8 Å². The predicted octanol–water partition coefficient (Wildman–Crippen LogP) is 2.60. The monoisotopic (exact) mass is 167 g/mol. The second-order valence-corrected chi connectivity index (χ2v) is 3.10. The summed E-state index contributed by atoms with van der Waals surface area (Å²) in [6.45, 7) is 3.84. The van der Waals surface area contributed by atoms with Crippen LogP contribution in [0.2, 0.25) is 0 Å². The Morgan fingerprint density at radius 2 is 2.09 bits per heavy atom. The van der Waals surface area contributed by atoms with Gasteiger partial charge in [0.1, 0.15) is 5.75 Å². The predicted molar refractivity (Wildman–Crippen MR) is 49.2 cm³/mol. The Kier molecular flexibility index (Phi) is 2.83. The molecule has 0 aromatic heterocycles. The summed E-state index contributed by atoms with van der Waals surface area (Å²) in [6.07, 6.45) is 2.04. The Balaban J connectivity index is 3.02. The molecule has 59 valence electrons. The fraction of sp³-hybridized carbons (Fsp3) is 0.222. The summed E-state index contributed by atoms with van der Waals surface area (Å²) in [4.78, 5) is 1.19.